The number of aryl methyl sites for hydroxylation is 2. The van der Waals surface area contributed by atoms with Crippen LogP contribution in [0.4, 0.5) is 0 Å². The predicted octanol–water partition coefficient (Wildman–Crippen LogP) is 6.53. The molecule has 0 atom stereocenters. The maximum absolute atomic E-state index is 10.4. The van der Waals surface area contributed by atoms with Crippen LogP contribution in [0.3, 0.4) is 0 Å². The molecule has 1 aromatic carbocycles. The van der Waals surface area contributed by atoms with Gasteiger partial charge in [0.15, 0.2) is 6.29 Å². The van der Waals surface area contributed by atoms with Gasteiger partial charge >= 0.3 is 0 Å². The van der Waals surface area contributed by atoms with Crippen molar-refractivity contribution in [3.63, 3.8) is 0 Å². The molecule has 0 aliphatic carbocycles. The fourth-order valence-electron chi connectivity index (χ4n) is 3.92. The summed E-state index contributed by atoms with van der Waals surface area (Å²) in [4.78, 5) is 0. The third kappa shape index (κ3) is 6.22. The van der Waals surface area contributed by atoms with Crippen molar-refractivity contribution < 1.29 is 14.6 Å². The van der Waals surface area contributed by atoms with E-state index in [4.69, 9.17) is 9.47 Å². The number of aromatic hydroxyl groups is 1. The molecule has 0 unspecified atom stereocenters. The first kappa shape index (κ1) is 23.2. The van der Waals surface area contributed by atoms with Crippen molar-refractivity contribution >= 4 is 0 Å². The Hall–Kier alpha value is -1.06. The van der Waals surface area contributed by atoms with Crippen LogP contribution >= 0.6 is 0 Å². The Labute approximate surface area is 172 Å². The van der Waals surface area contributed by atoms with Crippen molar-refractivity contribution in [1.82, 2.24) is 0 Å². The first-order valence-corrected chi connectivity index (χ1v) is 10.9. The van der Waals surface area contributed by atoms with E-state index in [-0.39, 0.29) is 22.5 Å². The Kier molecular flexibility index (Phi) is 7.26. The van der Waals surface area contributed by atoms with Gasteiger partial charge in [0.1, 0.15) is 5.75 Å². The zero-order valence-corrected chi connectivity index (χ0v) is 19.4. The molecule has 160 valence electrons. The fraction of sp³-hybridized carbons (Fsp3) is 0.760. The number of rotatable bonds is 7. The highest BCUT2D eigenvalue weighted by Gasteiger charge is 2.37. The van der Waals surface area contributed by atoms with Crippen LogP contribution in [0.15, 0.2) is 12.1 Å². The summed E-state index contributed by atoms with van der Waals surface area (Å²) in [6, 6.07) is 4.33. The quantitative estimate of drug-likeness (QED) is 0.538. The minimum absolute atomic E-state index is 0.0383. The summed E-state index contributed by atoms with van der Waals surface area (Å²) >= 11 is 0. The molecule has 1 saturated heterocycles. The lowest BCUT2D eigenvalue weighted by Gasteiger charge is -2.42. The van der Waals surface area contributed by atoms with Crippen molar-refractivity contribution in [2.75, 3.05) is 13.2 Å². The third-order valence-corrected chi connectivity index (χ3v) is 5.84. The normalized spacial score (nSPS) is 18.4. The first-order chi connectivity index (χ1) is 12.8. The van der Waals surface area contributed by atoms with Crippen LogP contribution in [-0.4, -0.2) is 24.6 Å². The van der Waals surface area contributed by atoms with Crippen LogP contribution < -0.4 is 0 Å². The third-order valence-electron chi connectivity index (χ3n) is 5.84. The predicted molar refractivity (Wildman–Crippen MR) is 117 cm³/mol. The van der Waals surface area contributed by atoms with Gasteiger partial charge < -0.3 is 14.6 Å². The largest absolute Gasteiger partial charge is 0.507 e. The highest BCUT2D eigenvalue weighted by atomic mass is 16.7. The molecule has 1 fully saturated rings. The molecule has 0 radical (unpaired) electrons. The molecule has 1 N–H and O–H groups in total. The van der Waals surface area contributed by atoms with Crippen molar-refractivity contribution in [3.8, 4) is 5.75 Å². The molecule has 0 saturated carbocycles. The van der Waals surface area contributed by atoms with E-state index >= 15 is 0 Å². The smallest absolute Gasteiger partial charge is 0.162 e. The molecule has 3 nitrogen and oxygen atoms in total. The molecule has 28 heavy (non-hydrogen) atoms. The second-order valence-corrected chi connectivity index (χ2v) is 11.2. The molecular formula is C25H42O3. The van der Waals surface area contributed by atoms with E-state index in [9.17, 15) is 5.11 Å². The van der Waals surface area contributed by atoms with Gasteiger partial charge in [-0.1, -0.05) is 73.4 Å². The number of unbranched alkanes of at least 4 members (excludes halogenated alkanes) is 2. The van der Waals surface area contributed by atoms with Gasteiger partial charge in [-0.05, 0) is 48.3 Å². The number of hydrogen-bond donors (Lipinski definition) is 1. The summed E-state index contributed by atoms with van der Waals surface area (Å²) in [6.45, 7) is 18.9. The van der Waals surface area contributed by atoms with E-state index in [2.05, 4.69) is 60.6 Å². The van der Waals surface area contributed by atoms with Gasteiger partial charge in [0.25, 0.3) is 0 Å². The molecule has 2 rings (SSSR count). The highest BCUT2D eigenvalue weighted by Crippen LogP contribution is 2.37. The minimum atomic E-state index is -0.0883. The zero-order chi connectivity index (χ0) is 21.2. The van der Waals surface area contributed by atoms with Gasteiger partial charge in [0.2, 0.25) is 0 Å². The van der Waals surface area contributed by atoms with E-state index in [1.54, 1.807) is 0 Å². The summed E-state index contributed by atoms with van der Waals surface area (Å²) < 4.78 is 12.0. The minimum Gasteiger partial charge on any atom is -0.507 e. The van der Waals surface area contributed by atoms with E-state index in [1.807, 2.05) is 6.92 Å². The van der Waals surface area contributed by atoms with Crippen LogP contribution in [0.1, 0.15) is 90.8 Å². The summed E-state index contributed by atoms with van der Waals surface area (Å²) in [5.41, 5.74) is 3.51. The molecule has 0 amide bonds. The Morgan fingerprint density at radius 2 is 1.61 bits per heavy atom. The first-order valence-electron chi connectivity index (χ1n) is 10.9. The van der Waals surface area contributed by atoms with E-state index in [1.165, 1.54) is 24.8 Å². The van der Waals surface area contributed by atoms with E-state index < -0.39 is 0 Å². The molecule has 1 aliphatic rings. The molecule has 3 heteroatoms. The summed E-state index contributed by atoms with van der Waals surface area (Å²) in [7, 11) is 0. The molecule has 0 spiro atoms. The fourth-order valence-corrected chi connectivity index (χ4v) is 3.92. The van der Waals surface area contributed by atoms with E-state index in [0.717, 1.165) is 37.2 Å². The Morgan fingerprint density at radius 1 is 1.00 bits per heavy atom. The van der Waals surface area contributed by atoms with Crippen molar-refractivity contribution in [1.29, 1.82) is 0 Å². The lowest BCUT2D eigenvalue weighted by molar-refractivity contribution is -0.264. The molecular weight excluding hydrogens is 348 g/mol. The Balaban J connectivity index is 1.81. The lowest BCUT2D eigenvalue weighted by Crippen LogP contribution is -2.44. The van der Waals surface area contributed by atoms with Crippen LogP contribution in [0.25, 0.3) is 0 Å². The molecule has 1 aromatic rings. The van der Waals surface area contributed by atoms with Gasteiger partial charge in [0.05, 0.1) is 13.2 Å². The van der Waals surface area contributed by atoms with Crippen LogP contribution in [0.2, 0.25) is 0 Å². The van der Waals surface area contributed by atoms with E-state index in [0.29, 0.717) is 5.75 Å². The van der Waals surface area contributed by atoms with Gasteiger partial charge in [-0.25, -0.2) is 0 Å². The summed E-state index contributed by atoms with van der Waals surface area (Å²) in [6.07, 6.45) is 5.64. The molecule has 1 aliphatic heterocycles. The van der Waals surface area contributed by atoms with Gasteiger partial charge in [0, 0.05) is 10.8 Å². The van der Waals surface area contributed by atoms with Crippen LogP contribution in [0, 0.1) is 17.8 Å². The number of benzene rings is 1. The SMILES string of the molecule is Cc1cc(CCCCCC(C)(C)C2OCC(C)(C)CO2)cc(C(C)(C)C)c1O. The van der Waals surface area contributed by atoms with Gasteiger partial charge in [-0.2, -0.15) is 0 Å². The topological polar surface area (TPSA) is 38.7 Å². The van der Waals surface area contributed by atoms with Crippen LogP contribution in [-0.2, 0) is 21.3 Å². The monoisotopic (exact) mass is 390 g/mol. The maximum Gasteiger partial charge on any atom is 0.162 e. The summed E-state index contributed by atoms with van der Waals surface area (Å²) in [5, 5.41) is 10.4. The Bertz CT molecular complexity index is 642. The number of hydrogen-bond acceptors (Lipinski definition) is 3. The van der Waals surface area contributed by atoms with Crippen molar-refractivity contribution in [2.45, 2.75) is 99.2 Å². The number of phenols is 1. The lowest BCUT2D eigenvalue weighted by atomic mass is 9.83. The summed E-state index contributed by atoms with van der Waals surface area (Å²) in [5.74, 6) is 0.452. The van der Waals surface area contributed by atoms with Crippen LogP contribution in [0.5, 0.6) is 5.75 Å². The van der Waals surface area contributed by atoms with Crippen molar-refractivity contribution in [3.05, 3.63) is 28.8 Å². The highest BCUT2D eigenvalue weighted by molar-refractivity contribution is 5.46. The van der Waals surface area contributed by atoms with Gasteiger partial charge in [-0.15, -0.1) is 0 Å². The average Bonchev–Trinajstić information content (AvgIpc) is 2.56. The van der Waals surface area contributed by atoms with Gasteiger partial charge in [-0.3, -0.25) is 0 Å². The maximum atomic E-state index is 10.4. The second kappa shape index (κ2) is 8.75. The molecule has 1 heterocycles. The zero-order valence-electron chi connectivity index (χ0n) is 19.4. The second-order valence-electron chi connectivity index (χ2n) is 11.2. The van der Waals surface area contributed by atoms with Crippen molar-refractivity contribution in [2.24, 2.45) is 10.8 Å². The average molecular weight is 391 g/mol. The molecule has 0 bridgehead atoms. The number of ether oxygens (including phenoxy) is 2. The molecule has 0 aromatic heterocycles. The Morgan fingerprint density at radius 3 is 2.18 bits per heavy atom. The number of phenolic OH excluding ortho intramolecular Hbond substituents is 1. The standard InChI is InChI=1S/C25H42O3/c1-18-14-19(15-20(21(18)26)23(2,3)4)12-10-9-11-13-25(7,8)22-27-16-24(5,6)17-28-22/h14-15,22,26H,9-13,16-17H2,1-8H3.